The van der Waals surface area contributed by atoms with Gasteiger partial charge in [-0.25, -0.2) is 0 Å². The fourth-order valence-electron chi connectivity index (χ4n) is 4.74. The molecule has 0 aliphatic rings. The second-order valence-electron chi connectivity index (χ2n) is 8.72. The van der Waals surface area contributed by atoms with Gasteiger partial charge < -0.3 is 0 Å². The molecule has 0 atom stereocenters. The summed E-state index contributed by atoms with van der Waals surface area (Å²) in [5.41, 5.74) is 2.99. The maximum absolute atomic E-state index is 2.79. The van der Waals surface area contributed by atoms with Crippen LogP contribution in [0, 0.1) is 0 Å². The standard InChI is InChI=1S/C25H37N/c1-7-19-24(3,4)26(25(5,6)20-8-2)23(21-15-11-9-12-16-21)22-17-13-10-14-18-22/h9-18,23H,7-8,19-20H2,1-6H3. The topological polar surface area (TPSA) is 3.24 Å². The molecule has 0 heterocycles. The smallest absolute Gasteiger partial charge is 0.0611 e. The first-order valence-corrected chi connectivity index (χ1v) is 10.2. The lowest BCUT2D eigenvalue weighted by atomic mass is 9.81. The van der Waals surface area contributed by atoms with Gasteiger partial charge in [-0.05, 0) is 51.7 Å². The molecular weight excluding hydrogens is 314 g/mol. The Labute approximate surface area is 161 Å². The van der Waals surface area contributed by atoms with Crippen molar-refractivity contribution in [3.05, 3.63) is 71.8 Å². The van der Waals surface area contributed by atoms with Gasteiger partial charge in [0.15, 0.2) is 0 Å². The van der Waals surface area contributed by atoms with E-state index in [9.17, 15) is 0 Å². The predicted molar refractivity (Wildman–Crippen MR) is 115 cm³/mol. The monoisotopic (exact) mass is 351 g/mol. The van der Waals surface area contributed by atoms with Gasteiger partial charge in [-0.15, -0.1) is 0 Å². The molecule has 0 spiro atoms. The van der Waals surface area contributed by atoms with E-state index in [4.69, 9.17) is 0 Å². The highest BCUT2D eigenvalue weighted by Gasteiger charge is 2.42. The summed E-state index contributed by atoms with van der Waals surface area (Å²) < 4.78 is 0. The molecule has 0 aliphatic heterocycles. The maximum atomic E-state index is 2.79. The lowest BCUT2D eigenvalue weighted by molar-refractivity contribution is -0.0223. The molecular formula is C25H37N. The highest BCUT2D eigenvalue weighted by atomic mass is 15.3. The van der Waals surface area contributed by atoms with Crippen molar-refractivity contribution in [2.24, 2.45) is 0 Å². The van der Waals surface area contributed by atoms with E-state index in [2.05, 4.69) is 107 Å². The van der Waals surface area contributed by atoms with Crippen molar-refractivity contribution in [3.63, 3.8) is 0 Å². The molecule has 2 aromatic rings. The Hall–Kier alpha value is -1.60. The van der Waals surface area contributed by atoms with E-state index in [1.807, 2.05) is 0 Å². The van der Waals surface area contributed by atoms with Crippen LogP contribution in [0.15, 0.2) is 60.7 Å². The Bertz CT molecular complexity index is 585. The third-order valence-electron chi connectivity index (χ3n) is 5.52. The molecule has 0 fully saturated rings. The average molecular weight is 352 g/mol. The zero-order valence-electron chi connectivity index (χ0n) is 17.6. The van der Waals surface area contributed by atoms with Crippen LogP contribution in [-0.2, 0) is 0 Å². The van der Waals surface area contributed by atoms with E-state index in [0.29, 0.717) is 0 Å². The van der Waals surface area contributed by atoms with Gasteiger partial charge in [0.2, 0.25) is 0 Å². The number of nitrogens with zero attached hydrogens (tertiary/aromatic N) is 1. The Balaban J connectivity index is 2.65. The maximum Gasteiger partial charge on any atom is 0.0611 e. The van der Waals surface area contributed by atoms with E-state index in [0.717, 1.165) is 0 Å². The van der Waals surface area contributed by atoms with Gasteiger partial charge in [0.05, 0.1) is 6.04 Å². The fourth-order valence-corrected chi connectivity index (χ4v) is 4.74. The van der Waals surface area contributed by atoms with Gasteiger partial charge in [-0.1, -0.05) is 87.4 Å². The van der Waals surface area contributed by atoms with Crippen molar-refractivity contribution in [3.8, 4) is 0 Å². The van der Waals surface area contributed by atoms with E-state index >= 15 is 0 Å². The molecule has 2 aromatic carbocycles. The van der Waals surface area contributed by atoms with Crippen molar-refractivity contribution >= 4 is 0 Å². The van der Waals surface area contributed by atoms with Crippen LogP contribution in [0.1, 0.15) is 84.4 Å². The summed E-state index contributed by atoms with van der Waals surface area (Å²) in [6.45, 7) is 14.3. The minimum absolute atomic E-state index is 0.115. The van der Waals surface area contributed by atoms with Crippen LogP contribution in [0.3, 0.4) is 0 Å². The molecule has 1 nitrogen and oxygen atoms in total. The second kappa shape index (κ2) is 8.86. The number of hydrogen-bond donors (Lipinski definition) is 0. The zero-order valence-corrected chi connectivity index (χ0v) is 17.6. The van der Waals surface area contributed by atoms with Gasteiger partial charge in [-0.2, -0.15) is 0 Å². The first kappa shape index (κ1) is 20.7. The minimum Gasteiger partial charge on any atom is -0.282 e. The third kappa shape index (κ3) is 4.76. The van der Waals surface area contributed by atoms with Crippen LogP contribution in [0.5, 0.6) is 0 Å². The Morgan fingerprint density at radius 2 is 1.00 bits per heavy atom. The third-order valence-corrected chi connectivity index (χ3v) is 5.52. The molecule has 0 bridgehead atoms. The van der Waals surface area contributed by atoms with Crippen molar-refractivity contribution in [1.82, 2.24) is 4.90 Å². The largest absolute Gasteiger partial charge is 0.282 e. The molecule has 142 valence electrons. The summed E-state index contributed by atoms with van der Waals surface area (Å²) in [6.07, 6.45) is 4.77. The normalized spacial score (nSPS) is 12.8. The van der Waals surface area contributed by atoms with Crippen molar-refractivity contribution in [2.75, 3.05) is 0 Å². The summed E-state index contributed by atoms with van der Waals surface area (Å²) in [7, 11) is 0. The minimum atomic E-state index is 0.115. The van der Waals surface area contributed by atoms with Crippen molar-refractivity contribution in [2.45, 2.75) is 84.3 Å². The second-order valence-corrected chi connectivity index (χ2v) is 8.72. The molecule has 0 aliphatic carbocycles. The number of rotatable bonds is 9. The van der Waals surface area contributed by atoms with Gasteiger partial charge in [0.25, 0.3) is 0 Å². The summed E-state index contributed by atoms with van der Waals surface area (Å²) in [5, 5.41) is 0. The predicted octanol–water partition coefficient (Wildman–Crippen LogP) is 7.24. The molecule has 0 amide bonds. The Morgan fingerprint density at radius 1 is 0.654 bits per heavy atom. The van der Waals surface area contributed by atoms with Gasteiger partial charge >= 0.3 is 0 Å². The van der Waals surface area contributed by atoms with E-state index in [1.165, 1.54) is 36.8 Å². The fraction of sp³-hybridized carbons (Fsp3) is 0.520. The molecule has 0 unspecified atom stereocenters. The summed E-state index contributed by atoms with van der Waals surface area (Å²) in [5.74, 6) is 0. The quantitative estimate of drug-likeness (QED) is 0.460. The number of benzene rings is 2. The molecule has 0 N–H and O–H groups in total. The zero-order chi connectivity index (χ0) is 19.2. The average Bonchev–Trinajstić information content (AvgIpc) is 2.60. The summed E-state index contributed by atoms with van der Waals surface area (Å²) in [4.78, 5) is 2.79. The van der Waals surface area contributed by atoms with E-state index in [1.54, 1.807) is 0 Å². The van der Waals surface area contributed by atoms with E-state index in [-0.39, 0.29) is 17.1 Å². The molecule has 1 heteroatoms. The summed E-state index contributed by atoms with van der Waals surface area (Å²) >= 11 is 0. The molecule has 0 saturated heterocycles. The highest BCUT2D eigenvalue weighted by Crippen LogP contribution is 2.43. The first-order valence-electron chi connectivity index (χ1n) is 10.2. The molecule has 0 aromatic heterocycles. The van der Waals surface area contributed by atoms with Crippen molar-refractivity contribution < 1.29 is 0 Å². The Morgan fingerprint density at radius 3 is 1.31 bits per heavy atom. The lowest BCUT2D eigenvalue weighted by Crippen LogP contribution is -2.57. The van der Waals surface area contributed by atoms with Gasteiger partial charge in [-0.3, -0.25) is 4.90 Å². The van der Waals surface area contributed by atoms with Crippen LogP contribution >= 0.6 is 0 Å². The SMILES string of the molecule is CCCC(C)(C)N(C(c1ccccc1)c1ccccc1)C(C)(C)CCC. The molecule has 0 saturated carbocycles. The van der Waals surface area contributed by atoms with Crippen LogP contribution in [0.2, 0.25) is 0 Å². The molecule has 0 radical (unpaired) electrons. The van der Waals surface area contributed by atoms with Crippen LogP contribution in [-0.4, -0.2) is 16.0 Å². The van der Waals surface area contributed by atoms with Crippen molar-refractivity contribution in [1.29, 1.82) is 0 Å². The van der Waals surface area contributed by atoms with Crippen LogP contribution in [0.25, 0.3) is 0 Å². The van der Waals surface area contributed by atoms with E-state index < -0.39 is 0 Å². The van der Waals surface area contributed by atoms with Crippen LogP contribution < -0.4 is 0 Å². The Kier molecular flexibility index (Phi) is 7.06. The molecule has 26 heavy (non-hydrogen) atoms. The lowest BCUT2D eigenvalue weighted by Gasteiger charge is -2.53. The molecule has 2 rings (SSSR count). The van der Waals surface area contributed by atoms with Gasteiger partial charge in [0, 0.05) is 11.1 Å². The van der Waals surface area contributed by atoms with Crippen LogP contribution in [0.4, 0.5) is 0 Å². The summed E-state index contributed by atoms with van der Waals surface area (Å²) in [6, 6.07) is 22.3. The number of hydrogen-bond acceptors (Lipinski definition) is 1. The van der Waals surface area contributed by atoms with Gasteiger partial charge in [0.1, 0.15) is 0 Å². The highest BCUT2D eigenvalue weighted by molar-refractivity contribution is 5.33. The first-order chi connectivity index (χ1) is 12.3.